The molecule has 0 fully saturated rings. The molecule has 110 valence electrons. The average molecular weight is 332 g/mol. The summed E-state index contributed by atoms with van der Waals surface area (Å²) >= 11 is 0. The van der Waals surface area contributed by atoms with Crippen molar-refractivity contribution in [3.05, 3.63) is 59.7 Å². The first-order valence-electron chi connectivity index (χ1n) is 5.59. The number of hydrogen-bond donors (Lipinski definition) is 1. The SMILES string of the molecule is O=C(Nc1ccc(S(=O)(=O)Cl)cc1)c1cccc(F)c1F. The number of amides is 1. The first kappa shape index (κ1) is 15.4. The molecular weight excluding hydrogens is 324 g/mol. The lowest BCUT2D eigenvalue weighted by Crippen LogP contribution is -2.14. The maximum atomic E-state index is 13.4. The van der Waals surface area contributed by atoms with Crippen molar-refractivity contribution in [3.63, 3.8) is 0 Å². The van der Waals surface area contributed by atoms with E-state index in [4.69, 9.17) is 10.7 Å². The van der Waals surface area contributed by atoms with E-state index in [-0.39, 0.29) is 10.6 Å². The summed E-state index contributed by atoms with van der Waals surface area (Å²) in [6.07, 6.45) is 0. The lowest BCUT2D eigenvalue weighted by molar-refractivity contribution is 0.102. The van der Waals surface area contributed by atoms with Gasteiger partial charge < -0.3 is 5.32 Å². The van der Waals surface area contributed by atoms with Crippen molar-refractivity contribution in [1.29, 1.82) is 0 Å². The summed E-state index contributed by atoms with van der Waals surface area (Å²) in [5.41, 5.74) is -0.239. The Labute approximate surface area is 123 Å². The van der Waals surface area contributed by atoms with Crippen LogP contribution in [0, 0.1) is 11.6 Å². The zero-order valence-electron chi connectivity index (χ0n) is 10.3. The summed E-state index contributed by atoms with van der Waals surface area (Å²) in [5.74, 6) is -3.24. The van der Waals surface area contributed by atoms with Crippen molar-refractivity contribution in [2.45, 2.75) is 4.90 Å². The largest absolute Gasteiger partial charge is 0.322 e. The summed E-state index contributed by atoms with van der Waals surface area (Å²) in [6.45, 7) is 0. The van der Waals surface area contributed by atoms with Crippen molar-refractivity contribution in [3.8, 4) is 0 Å². The van der Waals surface area contributed by atoms with E-state index < -0.39 is 32.2 Å². The first-order chi connectivity index (χ1) is 9.79. The molecule has 0 aliphatic carbocycles. The second-order valence-electron chi connectivity index (χ2n) is 4.02. The molecule has 0 saturated carbocycles. The van der Waals surface area contributed by atoms with Crippen molar-refractivity contribution in [2.75, 3.05) is 5.32 Å². The van der Waals surface area contributed by atoms with E-state index in [0.717, 1.165) is 12.1 Å². The molecule has 0 saturated heterocycles. The van der Waals surface area contributed by atoms with Gasteiger partial charge in [-0.15, -0.1) is 0 Å². The molecule has 1 N–H and O–H groups in total. The second kappa shape index (κ2) is 5.79. The van der Waals surface area contributed by atoms with E-state index in [1.807, 2.05) is 0 Å². The molecular formula is C13H8ClF2NO3S. The third kappa shape index (κ3) is 3.56. The van der Waals surface area contributed by atoms with Gasteiger partial charge in [0.2, 0.25) is 0 Å². The highest BCUT2D eigenvalue weighted by Crippen LogP contribution is 2.19. The summed E-state index contributed by atoms with van der Waals surface area (Å²) in [6, 6.07) is 8.16. The van der Waals surface area contributed by atoms with Crippen molar-refractivity contribution in [1.82, 2.24) is 0 Å². The molecule has 8 heteroatoms. The van der Waals surface area contributed by atoms with Crippen molar-refractivity contribution in [2.24, 2.45) is 0 Å². The second-order valence-corrected chi connectivity index (χ2v) is 6.58. The van der Waals surface area contributed by atoms with Crippen LogP contribution in [0.1, 0.15) is 10.4 Å². The number of hydrogen-bond acceptors (Lipinski definition) is 3. The van der Waals surface area contributed by atoms with Crippen molar-refractivity contribution >= 4 is 31.3 Å². The van der Waals surface area contributed by atoms with Crippen molar-refractivity contribution < 1.29 is 22.0 Å². The molecule has 0 atom stereocenters. The topological polar surface area (TPSA) is 63.2 Å². The highest BCUT2D eigenvalue weighted by atomic mass is 35.7. The third-order valence-electron chi connectivity index (χ3n) is 2.59. The number of nitrogens with one attached hydrogen (secondary N) is 1. The van der Waals surface area contributed by atoms with E-state index in [0.29, 0.717) is 0 Å². The predicted molar refractivity (Wildman–Crippen MR) is 73.8 cm³/mol. The molecule has 0 bridgehead atoms. The van der Waals surface area contributed by atoms with Gasteiger partial charge in [0.15, 0.2) is 11.6 Å². The van der Waals surface area contributed by atoms with Crippen LogP contribution in [0.15, 0.2) is 47.4 Å². The normalized spacial score (nSPS) is 11.2. The van der Waals surface area contributed by atoms with E-state index in [2.05, 4.69) is 5.32 Å². The fraction of sp³-hybridized carbons (Fsp3) is 0. The Balaban J connectivity index is 2.22. The summed E-state index contributed by atoms with van der Waals surface area (Å²) < 4.78 is 48.6. The number of benzene rings is 2. The van der Waals surface area contributed by atoms with Gasteiger partial charge in [-0.1, -0.05) is 6.07 Å². The maximum absolute atomic E-state index is 13.4. The van der Waals surface area contributed by atoms with Crippen LogP contribution < -0.4 is 5.32 Å². The monoisotopic (exact) mass is 331 g/mol. The first-order valence-corrected chi connectivity index (χ1v) is 7.90. The van der Waals surface area contributed by atoms with Crippen LogP contribution >= 0.6 is 10.7 Å². The summed E-state index contributed by atoms with van der Waals surface area (Å²) in [7, 11) is 1.28. The molecule has 2 aromatic rings. The Morgan fingerprint density at radius 1 is 1.05 bits per heavy atom. The van der Waals surface area contributed by atoms with Crippen LogP contribution in [0.25, 0.3) is 0 Å². The standard InChI is InChI=1S/C13H8ClF2NO3S/c14-21(19,20)9-6-4-8(5-7-9)17-13(18)10-2-1-3-11(15)12(10)16/h1-7H,(H,17,18). The van der Waals surface area contributed by atoms with Crippen LogP contribution in [0.2, 0.25) is 0 Å². The average Bonchev–Trinajstić information content (AvgIpc) is 2.41. The Morgan fingerprint density at radius 2 is 1.67 bits per heavy atom. The fourth-order valence-electron chi connectivity index (χ4n) is 1.58. The van der Waals surface area contributed by atoms with E-state index in [1.54, 1.807) is 0 Å². The zero-order chi connectivity index (χ0) is 15.6. The van der Waals surface area contributed by atoms with Crippen LogP contribution in [-0.4, -0.2) is 14.3 Å². The summed E-state index contributed by atoms with van der Waals surface area (Å²) in [5, 5.41) is 2.32. The molecule has 0 spiro atoms. The minimum absolute atomic E-state index is 0.140. The van der Waals surface area contributed by atoms with Gasteiger partial charge in [0.05, 0.1) is 10.5 Å². The number of carbonyl (C=O) groups is 1. The van der Waals surface area contributed by atoms with Gasteiger partial charge in [0.1, 0.15) is 0 Å². The molecule has 2 aromatic carbocycles. The minimum atomic E-state index is -3.86. The van der Waals surface area contributed by atoms with Gasteiger partial charge in [-0.3, -0.25) is 4.79 Å². The molecule has 4 nitrogen and oxygen atoms in total. The predicted octanol–water partition coefficient (Wildman–Crippen LogP) is 3.14. The fourth-order valence-corrected chi connectivity index (χ4v) is 2.35. The number of halogens is 3. The Morgan fingerprint density at radius 3 is 2.24 bits per heavy atom. The van der Waals surface area contributed by atoms with E-state index in [9.17, 15) is 22.0 Å². The van der Waals surface area contributed by atoms with Gasteiger partial charge >= 0.3 is 0 Å². The molecule has 0 aromatic heterocycles. The van der Waals surface area contributed by atoms with Gasteiger partial charge in [0, 0.05) is 16.4 Å². The summed E-state index contributed by atoms with van der Waals surface area (Å²) in [4.78, 5) is 11.7. The van der Waals surface area contributed by atoms with Crippen LogP contribution in [0.3, 0.4) is 0 Å². The Kier molecular flexibility index (Phi) is 4.24. The van der Waals surface area contributed by atoms with Gasteiger partial charge in [-0.05, 0) is 36.4 Å². The third-order valence-corrected chi connectivity index (χ3v) is 3.96. The zero-order valence-corrected chi connectivity index (χ0v) is 11.9. The molecule has 2 rings (SSSR count). The Hall–Kier alpha value is -1.99. The lowest BCUT2D eigenvalue weighted by atomic mass is 10.2. The quantitative estimate of drug-likeness (QED) is 0.879. The highest BCUT2D eigenvalue weighted by Gasteiger charge is 2.15. The van der Waals surface area contributed by atoms with Gasteiger partial charge in [0.25, 0.3) is 15.0 Å². The number of carbonyl (C=O) groups excluding carboxylic acids is 1. The number of anilines is 1. The molecule has 0 aliphatic rings. The van der Waals surface area contributed by atoms with Crippen LogP contribution in [0.4, 0.5) is 14.5 Å². The van der Waals surface area contributed by atoms with Gasteiger partial charge in [-0.2, -0.15) is 0 Å². The van der Waals surface area contributed by atoms with Gasteiger partial charge in [-0.25, -0.2) is 17.2 Å². The van der Waals surface area contributed by atoms with Crippen LogP contribution in [0.5, 0.6) is 0 Å². The number of rotatable bonds is 3. The smallest absolute Gasteiger partial charge is 0.261 e. The highest BCUT2D eigenvalue weighted by molar-refractivity contribution is 8.13. The molecule has 0 unspecified atom stereocenters. The lowest BCUT2D eigenvalue weighted by Gasteiger charge is -2.07. The van der Waals surface area contributed by atoms with Crippen LogP contribution in [-0.2, 0) is 9.05 Å². The molecule has 0 radical (unpaired) electrons. The van der Waals surface area contributed by atoms with E-state index in [1.165, 1.54) is 30.3 Å². The minimum Gasteiger partial charge on any atom is -0.322 e. The molecule has 21 heavy (non-hydrogen) atoms. The molecule has 1 amide bonds. The molecule has 0 heterocycles. The maximum Gasteiger partial charge on any atom is 0.261 e. The molecule has 0 aliphatic heterocycles. The van der Waals surface area contributed by atoms with E-state index >= 15 is 0 Å². The Bertz CT molecular complexity index is 792.